The number of amides is 1. The molecule has 1 aromatic heterocycles. The summed E-state index contributed by atoms with van der Waals surface area (Å²) in [6, 6.07) is 11.6. The molecule has 0 bridgehead atoms. The number of halogens is 2. The summed E-state index contributed by atoms with van der Waals surface area (Å²) in [5.41, 5.74) is -0.0929. The number of para-hydroxylation sites is 2. The van der Waals surface area contributed by atoms with E-state index < -0.39 is 35.8 Å². The van der Waals surface area contributed by atoms with E-state index in [1.807, 2.05) is 5.32 Å². The zero-order chi connectivity index (χ0) is 17.1. The van der Waals surface area contributed by atoms with Crippen molar-refractivity contribution in [3.63, 3.8) is 0 Å². The van der Waals surface area contributed by atoms with Crippen molar-refractivity contribution in [2.24, 2.45) is 0 Å². The van der Waals surface area contributed by atoms with E-state index in [0.29, 0.717) is 11.0 Å². The Morgan fingerprint density at radius 3 is 2.46 bits per heavy atom. The third-order valence-electron chi connectivity index (χ3n) is 3.19. The second kappa shape index (κ2) is 6.49. The number of ether oxygens (including phenoxy) is 1. The fourth-order valence-electron chi connectivity index (χ4n) is 2.08. The third kappa shape index (κ3) is 3.24. The first-order valence-electron chi connectivity index (χ1n) is 6.94. The minimum atomic E-state index is -0.924. The lowest BCUT2D eigenvalue weighted by molar-refractivity contribution is -0.119. The average molecular weight is 331 g/mol. The maximum absolute atomic E-state index is 13.4. The van der Waals surface area contributed by atoms with Gasteiger partial charge in [0.05, 0.1) is 0 Å². The number of carbonyl (C=O) groups is 2. The Bertz CT molecular complexity index is 867. The fourth-order valence-corrected chi connectivity index (χ4v) is 2.08. The van der Waals surface area contributed by atoms with Crippen LogP contribution in [-0.2, 0) is 9.53 Å². The van der Waals surface area contributed by atoms with Crippen molar-refractivity contribution in [1.29, 1.82) is 0 Å². The Labute approximate surface area is 134 Å². The van der Waals surface area contributed by atoms with Gasteiger partial charge in [0, 0.05) is 5.39 Å². The van der Waals surface area contributed by atoms with Crippen LogP contribution in [0.4, 0.5) is 14.5 Å². The zero-order valence-electron chi connectivity index (χ0n) is 12.2. The minimum absolute atomic E-state index is 0.0685. The number of hydrogen-bond acceptors (Lipinski definition) is 4. The summed E-state index contributed by atoms with van der Waals surface area (Å²) in [6.07, 6.45) is 0. The second-order valence-corrected chi connectivity index (χ2v) is 4.87. The molecule has 122 valence electrons. The number of nitrogens with one attached hydrogen (secondary N) is 1. The highest BCUT2D eigenvalue weighted by Crippen LogP contribution is 2.20. The molecule has 3 rings (SSSR count). The van der Waals surface area contributed by atoms with Crippen molar-refractivity contribution in [3.8, 4) is 0 Å². The monoisotopic (exact) mass is 331 g/mol. The average Bonchev–Trinajstić information content (AvgIpc) is 3.00. The van der Waals surface area contributed by atoms with E-state index in [1.54, 1.807) is 24.3 Å². The van der Waals surface area contributed by atoms with Crippen LogP contribution in [-0.4, -0.2) is 18.5 Å². The van der Waals surface area contributed by atoms with Crippen LogP contribution in [0.5, 0.6) is 0 Å². The van der Waals surface area contributed by atoms with Gasteiger partial charge in [-0.05, 0) is 24.3 Å². The lowest BCUT2D eigenvalue weighted by atomic mass is 10.2. The van der Waals surface area contributed by atoms with Crippen LogP contribution >= 0.6 is 0 Å². The van der Waals surface area contributed by atoms with Gasteiger partial charge >= 0.3 is 5.97 Å². The standard InChI is InChI=1S/C17H11F2NO4/c18-11-5-3-6-12(19)16(11)20-15(21)9-23-17(22)14-8-10-4-1-2-7-13(10)24-14/h1-8H,9H2,(H,20,21). The summed E-state index contributed by atoms with van der Waals surface area (Å²) in [7, 11) is 0. The quantitative estimate of drug-likeness (QED) is 0.743. The predicted molar refractivity (Wildman–Crippen MR) is 81.5 cm³/mol. The van der Waals surface area contributed by atoms with E-state index in [-0.39, 0.29) is 5.76 Å². The van der Waals surface area contributed by atoms with Crippen LogP contribution in [0.15, 0.2) is 52.9 Å². The molecule has 1 N–H and O–H groups in total. The molecule has 0 saturated carbocycles. The summed E-state index contributed by atoms with van der Waals surface area (Å²) in [5, 5.41) is 2.73. The maximum Gasteiger partial charge on any atom is 0.374 e. The number of carbonyl (C=O) groups excluding carboxylic acids is 2. The molecular formula is C17H11F2NO4. The van der Waals surface area contributed by atoms with Crippen LogP contribution in [0.1, 0.15) is 10.6 Å². The maximum atomic E-state index is 13.4. The van der Waals surface area contributed by atoms with Gasteiger partial charge in [0.15, 0.2) is 6.61 Å². The molecule has 1 heterocycles. The van der Waals surface area contributed by atoms with Gasteiger partial charge in [-0.25, -0.2) is 13.6 Å². The van der Waals surface area contributed by atoms with Crippen molar-refractivity contribution < 1.29 is 27.5 Å². The molecule has 0 aliphatic heterocycles. The Kier molecular flexibility index (Phi) is 4.24. The molecule has 0 aliphatic carbocycles. The summed E-state index contributed by atoms with van der Waals surface area (Å²) in [4.78, 5) is 23.5. The molecular weight excluding hydrogens is 320 g/mol. The molecule has 0 unspecified atom stereocenters. The van der Waals surface area contributed by atoms with E-state index in [1.165, 1.54) is 12.1 Å². The Morgan fingerprint density at radius 2 is 1.75 bits per heavy atom. The predicted octanol–water partition coefficient (Wildman–Crippen LogP) is 3.51. The molecule has 0 aliphatic rings. The van der Waals surface area contributed by atoms with Crippen LogP contribution < -0.4 is 5.32 Å². The topological polar surface area (TPSA) is 68.5 Å². The highest BCUT2D eigenvalue weighted by Gasteiger charge is 2.17. The highest BCUT2D eigenvalue weighted by atomic mass is 19.1. The number of benzene rings is 2. The first kappa shape index (κ1) is 15.7. The lowest BCUT2D eigenvalue weighted by Gasteiger charge is -2.07. The van der Waals surface area contributed by atoms with Crippen LogP contribution in [0, 0.1) is 11.6 Å². The first-order valence-corrected chi connectivity index (χ1v) is 6.94. The number of furan rings is 1. The number of rotatable bonds is 4. The normalized spacial score (nSPS) is 10.6. The van der Waals surface area contributed by atoms with Gasteiger partial charge in [-0.1, -0.05) is 24.3 Å². The van der Waals surface area contributed by atoms with Gasteiger partial charge in [0.25, 0.3) is 5.91 Å². The Balaban J connectivity index is 1.62. The number of fused-ring (bicyclic) bond motifs is 1. The number of anilines is 1. The second-order valence-electron chi connectivity index (χ2n) is 4.87. The van der Waals surface area contributed by atoms with Crippen molar-refractivity contribution in [3.05, 3.63) is 65.9 Å². The van der Waals surface area contributed by atoms with Gasteiger partial charge in [0.2, 0.25) is 5.76 Å². The van der Waals surface area contributed by atoms with Crippen LogP contribution in [0.3, 0.4) is 0 Å². The summed E-state index contributed by atoms with van der Waals surface area (Å²) < 4.78 is 36.9. The van der Waals surface area contributed by atoms with E-state index in [9.17, 15) is 18.4 Å². The van der Waals surface area contributed by atoms with Crippen molar-refractivity contribution in [1.82, 2.24) is 0 Å². The number of esters is 1. The lowest BCUT2D eigenvalue weighted by Crippen LogP contribution is -2.22. The van der Waals surface area contributed by atoms with Gasteiger partial charge in [-0.2, -0.15) is 0 Å². The molecule has 7 heteroatoms. The molecule has 2 aromatic carbocycles. The van der Waals surface area contributed by atoms with Gasteiger partial charge in [-0.15, -0.1) is 0 Å². The first-order chi connectivity index (χ1) is 11.5. The smallest absolute Gasteiger partial charge is 0.374 e. The van der Waals surface area contributed by atoms with Gasteiger partial charge < -0.3 is 14.5 Å². The van der Waals surface area contributed by atoms with Crippen molar-refractivity contribution >= 4 is 28.5 Å². The molecule has 3 aromatic rings. The molecule has 24 heavy (non-hydrogen) atoms. The van der Waals surface area contributed by atoms with E-state index in [2.05, 4.69) is 0 Å². The van der Waals surface area contributed by atoms with Crippen LogP contribution in [0.25, 0.3) is 11.0 Å². The SMILES string of the molecule is O=C(COC(=O)c1cc2ccccc2o1)Nc1c(F)cccc1F. The van der Waals surface area contributed by atoms with Gasteiger partial charge in [-0.3, -0.25) is 4.79 Å². The summed E-state index contributed by atoms with van der Waals surface area (Å²) >= 11 is 0. The molecule has 0 fully saturated rings. The van der Waals surface area contributed by atoms with E-state index >= 15 is 0 Å². The fraction of sp³-hybridized carbons (Fsp3) is 0.0588. The highest BCUT2D eigenvalue weighted by molar-refractivity contribution is 5.96. The summed E-state index contributed by atoms with van der Waals surface area (Å²) in [5.74, 6) is -3.64. The molecule has 0 spiro atoms. The zero-order valence-corrected chi connectivity index (χ0v) is 12.2. The van der Waals surface area contributed by atoms with Crippen molar-refractivity contribution in [2.45, 2.75) is 0 Å². The molecule has 0 radical (unpaired) electrons. The molecule has 5 nitrogen and oxygen atoms in total. The molecule has 1 amide bonds. The third-order valence-corrected chi connectivity index (χ3v) is 3.19. The van der Waals surface area contributed by atoms with Crippen molar-refractivity contribution in [2.75, 3.05) is 11.9 Å². The van der Waals surface area contributed by atoms with Crippen LogP contribution in [0.2, 0.25) is 0 Å². The Hall–Kier alpha value is -3.22. The van der Waals surface area contributed by atoms with E-state index in [0.717, 1.165) is 12.1 Å². The summed E-state index contributed by atoms with van der Waals surface area (Å²) in [6.45, 7) is -0.705. The van der Waals surface area contributed by atoms with E-state index in [4.69, 9.17) is 9.15 Å². The molecule has 0 atom stereocenters. The number of hydrogen-bond donors (Lipinski definition) is 1. The largest absolute Gasteiger partial charge is 0.450 e. The molecule has 0 saturated heterocycles. The Morgan fingerprint density at radius 1 is 1.04 bits per heavy atom. The minimum Gasteiger partial charge on any atom is -0.450 e. The van der Waals surface area contributed by atoms with Gasteiger partial charge in [0.1, 0.15) is 22.9 Å².